The van der Waals surface area contributed by atoms with Crippen molar-refractivity contribution in [3.8, 4) is 5.75 Å². The minimum Gasteiger partial charge on any atom is -0.496 e. The molecule has 2 aromatic carbocycles. The van der Waals surface area contributed by atoms with Gasteiger partial charge < -0.3 is 15.0 Å². The highest BCUT2D eigenvalue weighted by atomic mass is 35.5. The lowest BCUT2D eigenvalue weighted by Crippen LogP contribution is -2.43. The quantitative estimate of drug-likeness (QED) is 0.586. The minimum absolute atomic E-state index is 0.209. The van der Waals surface area contributed by atoms with Gasteiger partial charge in [-0.3, -0.25) is 19.7 Å². The van der Waals surface area contributed by atoms with Crippen molar-refractivity contribution >= 4 is 34.8 Å². The van der Waals surface area contributed by atoms with Gasteiger partial charge in [-0.05, 0) is 37.1 Å². The molecule has 0 saturated carbocycles. The van der Waals surface area contributed by atoms with Crippen LogP contribution in [0.5, 0.6) is 5.75 Å². The number of rotatable bonds is 5. The van der Waals surface area contributed by atoms with Crippen LogP contribution >= 0.6 is 11.6 Å². The fourth-order valence-corrected chi connectivity index (χ4v) is 3.40. The van der Waals surface area contributed by atoms with E-state index in [2.05, 4.69) is 5.32 Å². The Morgan fingerprint density at radius 1 is 1.31 bits per heavy atom. The van der Waals surface area contributed by atoms with E-state index in [1.165, 1.54) is 18.1 Å². The summed E-state index contributed by atoms with van der Waals surface area (Å²) in [5.41, 5.74) is -0.463. The first-order chi connectivity index (χ1) is 13.8. The van der Waals surface area contributed by atoms with E-state index >= 15 is 0 Å². The number of methoxy groups -OCH3 is 1. The van der Waals surface area contributed by atoms with Crippen molar-refractivity contribution in [2.45, 2.75) is 18.9 Å². The molecule has 8 nitrogen and oxygen atoms in total. The average molecular weight is 422 g/mol. The molecule has 2 amide bonds. The van der Waals surface area contributed by atoms with E-state index in [1.54, 1.807) is 12.1 Å². The molecule has 10 heteroatoms. The molecule has 1 saturated heterocycles. The molecule has 1 aliphatic rings. The molecule has 29 heavy (non-hydrogen) atoms. The molecule has 152 valence electrons. The van der Waals surface area contributed by atoms with Gasteiger partial charge in [0.1, 0.15) is 17.6 Å². The summed E-state index contributed by atoms with van der Waals surface area (Å²) in [7, 11) is 1.42. The summed E-state index contributed by atoms with van der Waals surface area (Å²) in [6.45, 7) is 0.323. The monoisotopic (exact) mass is 421 g/mol. The second kappa shape index (κ2) is 8.44. The summed E-state index contributed by atoms with van der Waals surface area (Å²) < 4.78 is 19.2. The van der Waals surface area contributed by atoms with Gasteiger partial charge in [-0.2, -0.15) is 0 Å². The Morgan fingerprint density at radius 2 is 2.07 bits per heavy atom. The molecule has 0 spiro atoms. The Labute approximate surface area is 170 Å². The summed E-state index contributed by atoms with van der Waals surface area (Å²) in [5, 5.41) is 13.6. The maximum atomic E-state index is 14.0. The highest BCUT2D eigenvalue weighted by Gasteiger charge is 2.36. The molecule has 1 atom stereocenters. The predicted octanol–water partition coefficient (Wildman–Crippen LogP) is 3.64. The zero-order valence-corrected chi connectivity index (χ0v) is 16.1. The zero-order valence-electron chi connectivity index (χ0n) is 15.4. The number of hydrogen-bond acceptors (Lipinski definition) is 5. The number of carbonyl (C=O) groups is 2. The first-order valence-corrected chi connectivity index (χ1v) is 9.09. The number of nitrogens with zero attached hydrogens (tertiary/aromatic N) is 2. The van der Waals surface area contributed by atoms with Crippen LogP contribution in [0.4, 0.5) is 15.8 Å². The Morgan fingerprint density at radius 3 is 2.76 bits per heavy atom. The Kier molecular flexibility index (Phi) is 5.97. The largest absolute Gasteiger partial charge is 0.496 e. The number of nitro groups is 1. The number of anilines is 1. The third-order valence-corrected chi connectivity index (χ3v) is 4.86. The first-order valence-electron chi connectivity index (χ1n) is 8.71. The van der Waals surface area contributed by atoms with Crippen molar-refractivity contribution in [2.75, 3.05) is 19.0 Å². The first kappa shape index (κ1) is 20.5. The number of non-ortho nitro benzene ring substituents is 1. The van der Waals surface area contributed by atoms with Gasteiger partial charge in [0.2, 0.25) is 5.91 Å². The normalized spacial score (nSPS) is 15.8. The maximum Gasteiger partial charge on any atom is 0.271 e. The lowest BCUT2D eigenvalue weighted by atomic mass is 10.1. The third kappa shape index (κ3) is 4.29. The van der Waals surface area contributed by atoms with Crippen molar-refractivity contribution in [2.24, 2.45) is 0 Å². The summed E-state index contributed by atoms with van der Waals surface area (Å²) in [6, 6.07) is 6.58. The number of hydrogen-bond donors (Lipinski definition) is 1. The van der Waals surface area contributed by atoms with E-state index in [1.807, 2.05) is 0 Å². The number of benzene rings is 2. The molecule has 1 aliphatic heterocycles. The van der Waals surface area contributed by atoms with Crippen LogP contribution in [0, 0.1) is 15.9 Å². The van der Waals surface area contributed by atoms with Crippen LogP contribution in [0.25, 0.3) is 0 Å². The van der Waals surface area contributed by atoms with E-state index in [0.717, 1.165) is 18.2 Å². The van der Waals surface area contributed by atoms with E-state index < -0.39 is 28.6 Å². The highest BCUT2D eigenvalue weighted by molar-refractivity contribution is 6.31. The molecule has 0 aromatic heterocycles. The van der Waals surface area contributed by atoms with E-state index in [0.29, 0.717) is 30.2 Å². The molecule has 2 aromatic rings. The van der Waals surface area contributed by atoms with Crippen LogP contribution in [0.2, 0.25) is 5.02 Å². The fraction of sp³-hybridized carbons (Fsp3) is 0.263. The number of nitro benzene ring substituents is 1. The van der Waals surface area contributed by atoms with Crippen molar-refractivity contribution in [3.05, 3.63) is 62.9 Å². The van der Waals surface area contributed by atoms with Crippen LogP contribution in [0.1, 0.15) is 23.2 Å². The number of nitrogens with one attached hydrogen (secondary N) is 1. The molecule has 1 unspecified atom stereocenters. The molecule has 0 radical (unpaired) electrons. The van der Waals surface area contributed by atoms with E-state index in [-0.39, 0.29) is 16.9 Å². The Balaban J connectivity index is 1.83. The van der Waals surface area contributed by atoms with Crippen LogP contribution in [-0.4, -0.2) is 41.3 Å². The molecule has 0 aliphatic carbocycles. The van der Waals surface area contributed by atoms with Gasteiger partial charge in [0.25, 0.3) is 11.6 Å². The zero-order chi connectivity index (χ0) is 21.1. The van der Waals surface area contributed by atoms with Crippen molar-refractivity contribution in [1.29, 1.82) is 0 Å². The van der Waals surface area contributed by atoms with Gasteiger partial charge in [0.05, 0.1) is 23.3 Å². The van der Waals surface area contributed by atoms with Crippen LogP contribution in [0.15, 0.2) is 36.4 Å². The van der Waals surface area contributed by atoms with Crippen molar-refractivity contribution in [1.82, 2.24) is 4.90 Å². The molecule has 0 bridgehead atoms. The summed E-state index contributed by atoms with van der Waals surface area (Å²) in [4.78, 5) is 37.3. The molecular formula is C19H17ClFN3O5. The standard InChI is InChI=1S/C19H17ClFN3O5/c1-29-17-7-4-11(20)9-13(17)19(26)23-8-2-3-16(23)18(25)22-15-10-12(24(27)28)5-6-14(15)21/h4-7,9-10,16H,2-3,8H2,1H3,(H,22,25). The topological polar surface area (TPSA) is 102 Å². The van der Waals surface area contributed by atoms with Gasteiger partial charge in [-0.1, -0.05) is 11.6 Å². The van der Waals surface area contributed by atoms with Gasteiger partial charge in [-0.15, -0.1) is 0 Å². The van der Waals surface area contributed by atoms with Gasteiger partial charge in [0, 0.05) is 23.7 Å². The van der Waals surface area contributed by atoms with Gasteiger partial charge in [0.15, 0.2) is 0 Å². The number of halogens is 2. The van der Waals surface area contributed by atoms with Crippen LogP contribution in [-0.2, 0) is 4.79 Å². The second-order valence-corrected chi connectivity index (χ2v) is 6.85. The maximum absolute atomic E-state index is 14.0. The van der Waals surface area contributed by atoms with Crippen molar-refractivity contribution in [3.63, 3.8) is 0 Å². The fourth-order valence-electron chi connectivity index (χ4n) is 3.22. The van der Waals surface area contributed by atoms with Crippen molar-refractivity contribution < 1.29 is 23.6 Å². The SMILES string of the molecule is COc1ccc(Cl)cc1C(=O)N1CCCC1C(=O)Nc1cc([N+](=O)[O-])ccc1F. The minimum atomic E-state index is -0.857. The van der Waals surface area contributed by atoms with E-state index in [4.69, 9.17) is 16.3 Å². The predicted molar refractivity (Wildman–Crippen MR) is 104 cm³/mol. The molecule has 1 heterocycles. The summed E-state index contributed by atoms with van der Waals surface area (Å²) >= 11 is 5.99. The highest BCUT2D eigenvalue weighted by Crippen LogP contribution is 2.29. The van der Waals surface area contributed by atoms with Crippen LogP contribution in [0.3, 0.4) is 0 Å². The molecule has 1 fully saturated rings. The molecule has 3 rings (SSSR count). The smallest absolute Gasteiger partial charge is 0.271 e. The van der Waals surface area contributed by atoms with Gasteiger partial charge in [-0.25, -0.2) is 4.39 Å². The molecular weight excluding hydrogens is 405 g/mol. The lowest BCUT2D eigenvalue weighted by molar-refractivity contribution is -0.384. The third-order valence-electron chi connectivity index (χ3n) is 4.63. The Hall–Kier alpha value is -3.20. The van der Waals surface area contributed by atoms with Gasteiger partial charge >= 0.3 is 0 Å². The average Bonchev–Trinajstić information content (AvgIpc) is 3.18. The second-order valence-electron chi connectivity index (χ2n) is 6.41. The Bertz CT molecular complexity index is 984. The lowest BCUT2D eigenvalue weighted by Gasteiger charge is -2.25. The van der Waals surface area contributed by atoms with Crippen LogP contribution < -0.4 is 10.1 Å². The number of carbonyl (C=O) groups excluding carboxylic acids is 2. The number of ether oxygens (including phenoxy) is 1. The molecule has 1 N–H and O–H groups in total. The number of likely N-dealkylation sites (tertiary alicyclic amines) is 1. The van der Waals surface area contributed by atoms with E-state index in [9.17, 15) is 24.1 Å². The summed E-state index contributed by atoms with van der Waals surface area (Å²) in [6.07, 6.45) is 0.946. The summed E-state index contributed by atoms with van der Waals surface area (Å²) in [5.74, 6) is -1.57. The number of amides is 2.